The zero-order valence-electron chi connectivity index (χ0n) is 16.1. The molecule has 27 heavy (non-hydrogen) atoms. The number of carbonyl (C=O) groups excluding carboxylic acids is 1. The average molecular weight is 385 g/mol. The number of aliphatic imine (C=N–C) groups is 1. The number of guanidine groups is 1. The van der Waals surface area contributed by atoms with E-state index in [0.717, 1.165) is 37.6 Å². The fraction of sp³-hybridized carbons (Fsp3) is 0.429. The lowest BCUT2D eigenvalue weighted by molar-refractivity contribution is -0.117. The summed E-state index contributed by atoms with van der Waals surface area (Å²) in [5.74, 6) is 1.58. The van der Waals surface area contributed by atoms with Gasteiger partial charge in [-0.25, -0.2) is 0 Å². The van der Waals surface area contributed by atoms with E-state index in [9.17, 15) is 4.79 Å². The third kappa shape index (κ3) is 5.57. The van der Waals surface area contributed by atoms with Crippen LogP contribution in [-0.2, 0) is 17.8 Å². The first-order valence-corrected chi connectivity index (χ1v) is 10.4. The lowest BCUT2D eigenvalue weighted by atomic mass is 10.1. The largest absolute Gasteiger partial charge is 0.356 e. The Labute approximate surface area is 165 Å². The van der Waals surface area contributed by atoms with E-state index in [1.807, 2.05) is 28.4 Å². The van der Waals surface area contributed by atoms with Crippen LogP contribution in [0.1, 0.15) is 30.2 Å². The van der Waals surface area contributed by atoms with Crippen molar-refractivity contribution in [2.75, 3.05) is 25.0 Å². The van der Waals surface area contributed by atoms with E-state index >= 15 is 0 Å². The molecule has 1 atom stereocenters. The van der Waals surface area contributed by atoms with Crippen molar-refractivity contribution in [1.82, 2.24) is 10.6 Å². The Hall–Kier alpha value is -2.34. The summed E-state index contributed by atoms with van der Waals surface area (Å²) in [7, 11) is 1.79. The monoisotopic (exact) mass is 384 g/mol. The van der Waals surface area contributed by atoms with Crippen LogP contribution < -0.4 is 15.5 Å². The van der Waals surface area contributed by atoms with Crippen LogP contribution in [0.5, 0.6) is 0 Å². The fourth-order valence-corrected chi connectivity index (χ4v) is 4.11. The van der Waals surface area contributed by atoms with E-state index in [-0.39, 0.29) is 5.91 Å². The van der Waals surface area contributed by atoms with E-state index in [2.05, 4.69) is 52.2 Å². The number of nitrogens with one attached hydrogen (secondary N) is 2. The summed E-state index contributed by atoms with van der Waals surface area (Å²) >= 11 is 1.81. The second-order valence-corrected chi connectivity index (χ2v) is 8.04. The zero-order chi connectivity index (χ0) is 19.1. The highest BCUT2D eigenvalue weighted by Gasteiger charge is 2.21. The summed E-state index contributed by atoms with van der Waals surface area (Å²) in [4.78, 5) is 19.4. The maximum absolute atomic E-state index is 11.8. The summed E-state index contributed by atoms with van der Waals surface area (Å²) in [6.07, 6.45) is 2.70. The molecule has 6 heteroatoms. The molecule has 1 aliphatic heterocycles. The second-order valence-electron chi connectivity index (χ2n) is 7.01. The van der Waals surface area contributed by atoms with Crippen molar-refractivity contribution in [1.29, 1.82) is 0 Å². The molecule has 0 saturated carbocycles. The summed E-state index contributed by atoms with van der Waals surface area (Å²) < 4.78 is 0. The van der Waals surface area contributed by atoms with Crippen LogP contribution >= 0.6 is 11.3 Å². The molecular formula is C21H28N4OS. The first-order valence-electron chi connectivity index (χ1n) is 9.52. The SMILES string of the molecule is CN=C(NCc1ccc(N2CCCC2=O)cc1)NCC(C)Cc1cccs1. The molecular weight excluding hydrogens is 356 g/mol. The summed E-state index contributed by atoms with van der Waals surface area (Å²) in [5.41, 5.74) is 2.16. The van der Waals surface area contributed by atoms with E-state index in [0.29, 0.717) is 18.9 Å². The van der Waals surface area contributed by atoms with Gasteiger partial charge in [-0.15, -0.1) is 11.3 Å². The molecule has 1 unspecified atom stereocenters. The molecule has 1 aliphatic rings. The highest BCUT2D eigenvalue weighted by molar-refractivity contribution is 7.09. The Morgan fingerprint density at radius 3 is 2.70 bits per heavy atom. The molecule has 0 radical (unpaired) electrons. The number of carbonyl (C=O) groups is 1. The normalized spacial score (nSPS) is 15.9. The molecule has 0 bridgehead atoms. The van der Waals surface area contributed by atoms with E-state index in [1.54, 1.807) is 7.05 Å². The predicted octanol–water partition coefficient (Wildman–Crippen LogP) is 3.42. The molecule has 2 aromatic rings. The highest BCUT2D eigenvalue weighted by Crippen LogP contribution is 2.21. The standard InChI is InChI=1S/C21H28N4OS/c1-16(13-19-5-4-12-27-19)14-23-21(22-2)24-15-17-7-9-18(10-8-17)25-11-3-6-20(25)26/h4-5,7-10,12,16H,3,6,11,13-15H2,1-2H3,(H2,22,23,24). The summed E-state index contributed by atoms with van der Waals surface area (Å²) in [6, 6.07) is 12.5. The molecule has 1 fully saturated rings. The van der Waals surface area contributed by atoms with Gasteiger partial charge < -0.3 is 15.5 Å². The minimum Gasteiger partial charge on any atom is -0.356 e. The average Bonchev–Trinajstić information content (AvgIpc) is 3.34. The third-order valence-corrected chi connectivity index (χ3v) is 5.65. The van der Waals surface area contributed by atoms with Crippen LogP contribution in [-0.4, -0.2) is 32.0 Å². The van der Waals surface area contributed by atoms with Crippen molar-refractivity contribution in [3.05, 3.63) is 52.2 Å². The number of rotatable bonds is 7. The Balaban J connectivity index is 1.44. The molecule has 1 aromatic heterocycles. The van der Waals surface area contributed by atoms with Crippen molar-refractivity contribution in [2.24, 2.45) is 10.9 Å². The Morgan fingerprint density at radius 2 is 2.07 bits per heavy atom. The summed E-state index contributed by atoms with van der Waals surface area (Å²) in [5, 5.41) is 8.89. The molecule has 1 aromatic carbocycles. The zero-order valence-corrected chi connectivity index (χ0v) is 16.9. The maximum atomic E-state index is 11.8. The first-order chi connectivity index (χ1) is 13.2. The highest BCUT2D eigenvalue weighted by atomic mass is 32.1. The number of nitrogens with zero attached hydrogens (tertiary/aromatic N) is 2. The molecule has 2 heterocycles. The molecule has 0 spiro atoms. The van der Waals surface area contributed by atoms with Gasteiger partial charge in [0.1, 0.15) is 0 Å². The van der Waals surface area contributed by atoms with E-state index in [1.165, 1.54) is 10.4 Å². The van der Waals surface area contributed by atoms with Crippen molar-refractivity contribution in [2.45, 2.75) is 32.7 Å². The molecule has 2 N–H and O–H groups in total. The molecule has 3 rings (SSSR count). The topological polar surface area (TPSA) is 56.7 Å². The van der Waals surface area contributed by atoms with Gasteiger partial charge in [-0.1, -0.05) is 25.1 Å². The van der Waals surface area contributed by atoms with Crippen molar-refractivity contribution in [3.63, 3.8) is 0 Å². The molecule has 1 amide bonds. The van der Waals surface area contributed by atoms with Gasteiger partial charge in [0.05, 0.1) is 0 Å². The number of hydrogen-bond acceptors (Lipinski definition) is 3. The van der Waals surface area contributed by atoms with Crippen molar-refractivity contribution < 1.29 is 4.79 Å². The lowest BCUT2D eigenvalue weighted by Gasteiger charge is -2.17. The fourth-order valence-electron chi connectivity index (χ4n) is 3.24. The Morgan fingerprint density at radius 1 is 1.26 bits per heavy atom. The third-order valence-electron chi connectivity index (χ3n) is 4.75. The number of thiophene rings is 1. The van der Waals surface area contributed by atoms with Crippen LogP contribution in [0, 0.1) is 5.92 Å². The van der Waals surface area contributed by atoms with Crippen molar-refractivity contribution in [3.8, 4) is 0 Å². The van der Waals surface area contributed by atoms with Crippen LogP contribution in [0.3, 0.4) is 0 Å². The van der Waals surface area contributed by atoms with Gasteiger partial charge in [0.25, 0.3) is 0 Å². The van der Waals surface area contributed by atoms with Gasteiger partial charge in [-0.3, -0.25) is 9.79 Å². The van der Waals surface area contributed by atoms with Gasteiger partial charge >= 0.3 is 0 Å². The molecule has 5 nitrogen and oxygen atoms in total. The lowest BCUT2D eigenvalue weighted by Crippen LogP contribution is -2.39. The predicted molar refractivity (Wildman–Crippen MR) is 113 cm³/mol. The van der Waals surface area contributed by atoms with E-state index in [4.69, 9.17) is 0 Å². The minimum absolute atomic E-state index is 0.224. The second kappa shape index (κ2) is 9.55. The Kier molecular flexibility index (Phi) is 6.87. The van der Waals surface area contributed by atoms with Gasteiger partial charge in [-0.2, -0.15) is 0 Å². The number of hydrogen-bond donors (Lipinski definition) is 2. The van der Waals surface area contributed by atoms with Crippen LogP contribution in [0.2, 0.25) is 0 Å². The molecule has 1 saturated heterocycles. The van der Waals surface area contributed by atoms with Gasteiger partial charge in [-0.05, 0) is 47.9 Å². The van der Waals surface area contributed by atoms with Gasteiger partial charge in [0.2, 0.25) is 5.91 Å². The van der Waals surface area contributed by atoms with Crippen LogP contribution in [0.15, 0.2) is 46.8 Å². The first kappa shape index (κ1) is 19.4. The van der Waals surface area contributed by atoms with Crippen LogP contribution in [0.25, 0.3) is 0 Å². The van der Waals surface area contributed by atoms with E-state index < -0.39 is 0 Å². The summed E-state index contributed by atoms with van der Waals surface area (Å²) in [6.45, 7) is 4.66. The number of anilines is 1. The maximum Gasteiger partial charge on any atom is 0.227 e. The van der Waals surface area contributed by atoms with Crippen molar-refractivity contribution >= 4 is 28.9 Å². The molecule has 144 valence electrons. The van der Waals surface area contributed by atoms with Crippen LogP contribution in [0.4, 0.5) is 5.69 Å². The quantitative estimate of drug-likeness (QED) is 0.568. The Bertz CT molecular complexity index is 755. The van der Waals surface area contributed by atoms with Gasteiger partial charge in [0, 0.05) is 43.7 Å². The molecule has 0 aliphatic carbocycles. The number of amides is 1. The minimum atomic E-state index is 0.224. The number of benzene rings is 1. The van der Waals surface area contributed by atoms with Gasteiger partial charge in [0.15, 0.2) is 5.96 Å². The smallest absolute Gasteiger partial charge is 0.227 e.